The van der Waals surface area contributed by atoms with Gasteiger partial charge >= 0.3 is 14.5 Å². The van der Waals surface area contributed by atoms with Crippen molar-refractivity contribution in [2.24, 2.45) is 0 Å². The van der Waals surface area contributed by atoms with Crippen LogP contribution in [0.15, 0.2) is 0 Å². The molecule has 0 aromatic rings. The zero-order chi connectivity index (χ0) is 25.1. The highest BCUT2D eigenvalue weighted by Gasteiger charge is 2.21. The Bertz CT molecular complexity index is 322. The van der Waals surface area contributed by atoms with Crippen molar-refractivity contribution in [2.75, 3.05) is 80.8 Å². The molecule has 4 nitrogen and oxygen atoms in total. The summed E-state index contributed by atoms with van der Waals surface area (Å²) < 4.78 is 90.3. The van der Waals surface area contributed by atoms with Crippen LogP contribution >= 0.6 is 0 Å². The van der Waals surface area contributed by atoms with Gasteiger partial charge in [-0.05, 0) is 27.7 Å². The van der Waals surface area contributed by atoms with Crippen molar-refractivity contribution in [3.05, 3.63) is 0 Å². The maximum absolute atomic E-state index is 9.75. The first-order valence-electron chi connectivity index (χ1n) is 9.76. The molecule has 0 aliphatic rings. The molecule has 0 aliphatic heterocycles. The fourth-order valence-electron chi connectivity index (χ4n) is 1.70. The average molecular weight is 466 g/mol. The van der Waals surface area contributed by atoms with E-state index in [2.05, 4.69) is 41.8 Å². The molecule has 14 heteroatoms. The summed E-state index contributed by atoms with van der Waals surface area (Å²) in [5, 5.41) is 0. The van der Waals surface area contributed by atoms with E-state index in [1.807, 2.05) is 0 Å². The second-order valence-corrected chi connectivity index (χ2v) is 6.93. The lowest BCUT2D eigenvalue weighted by Crippen LogP contribution is -2.45. The smallest absolute Gasteiger partial charge is 0.418 e. The molecule has 0 radical (unpaired) electrons. The predicted octanol–water partition coefficient (Wildman–Crippen LogP) is 4.84. The van der Waals surface area contributed by atoms with Crippen LogP contribution in [0.1, 0.15) is 27.7 Å². The van der Waals surface area contributed by atoms with Crippen LogP contribution in [-0.2, 0) is 9.47 Å². The fraction of sp³-hybridized carbons (Fsp3) is 1.00. The van der Waals surface area contributed by atoms with Gasteiger partial charge in [-0.25, -0.2) is 0 Å². The van der Waals surface area contributed by atoms with Gasteiger partial charge < -0.3 is 53.0 Å². The van der Waals surface area contributed by atoms with Gasteiger partial charge in [-0.1, -0.05) is 0 Å². The first kappa shape index (κ1) is 36.8. The quantitative estimate of drug-likeness (QED) is 0.261. The Morgan fingerprint density at radius 3 is 0.800 bits per heavy atom. The van der Waals surface area contributed by atoms with E-state index >= 15 is 0 Å². The van der Waals surface area contributed by atoms with Crippen molar-refractivity contribution in [3.63, 3.8) is 0 Å². The van der Waals surface area contributed by atoms with Gasteiger partial charge in [0.1, 0.15) is 13.1 Å². The Kier molecular flexibility index (Phi) is 23.4. The van der Waals surface area contributed by atoms with Gasteiger partial charge in [0.05, 0.1) is 53.5 Å². The third kappa shape index (κ3) is 41.7. The second kappa shape index (κ2) is 19.1. The fourth-order valence-corrected chi connectivity index (χ4v) is 1.70. The molecule has 0 aliphatic carbocycles. The Morgan fingerprint density at radius 1 is 0.533 bits per heavy atom. The van der Waals surface area contributed by atoms with Crippen molar-refractivity contribution in [3.8, 4) is 0 Å². The molecule has 0 spiro atoms. The SMILES string of the molecule is CC[N+](C)(CC)CCOC.CC[N+](C)(CC)CCOC.F[B-](F)(F)F.F[B-](F)(F)F. The standard InChI is InChI=1S/2C8H20NO.2BF4/c2*1-5-9(3,6-2)7-8-10-4;2*2-1(3,4)5/h2*5-8H2,1-4H3;;/q2*+1;2*-1. The van der Waals surface area contributed by atoms with Crippen LogP contribution in [0.25, 0.3) is 0 Å². The summed E-state index contributed by atoms with van der Waals surface area (Å²) in [5.41, 5.74) is 0. The van der Waals surface area contributed by atoms with Gasteiger partial charge in [0.2, 0.25) is 0 Å². The second-order valence-electron chi connectivity index (χ2n) is 6.93. The number of nitrogens with zero attached hydrogens (tertiary/aromatic N) is 2. The number of methoxy groups -OCH3 is 2. The summed E-state index contributed by atoms with van der Waals surface area (Å²) in [7, 11) is -3.96. The van der Waals surface area contributed by atoms with E-state index in [0.29, 0.717) is 0 Å². The molecule has 0 saturated carbocycles. The van der Waals surface area contributed by atoms with E-state index in [4.69, 9.17) is 9.47 Å². The molecule has 0 aromatic carbocycles. The van der Waals surface area contributed by atoms with Crippen molar-refractivity contribution >= 4 is 14.5 Å². The number of likely N-dealkylation sites (N-methyl/N-ethyl adjacent to an activating group) is 2. The largest absolute Gasteiger partial charge is 0.673 e. The monoisotopic (exact) mass is 466 g/mol. The van der Waals surface area contributed by atoms with Crippen molar-refractivity contribution in [1.29, 1.82) is 0 Å². The van der Waals surface area contributed by atoms with E-state index < -0.39 is 14.5 Å². The lowest BCUT2D eigenvalue weighted by atomic mass is 10.3. The van der Waals surface area contributed by atoms with Crippen molar-refractivity contribution in [1.82, 2.24) is 0 Å². The number of hydrogen-bond donors (Lipinski definition) is 0. The van der Waals surface area contributed by atoms with E-state index in [0.717, 1.165) is 35.3 Å². The highest BCUT2D eigenvalue weighted by molar-refractivity contribution is 6.50. The molecule has 0 unspecified atom stereocenters. The van der Waals surface area contributed by atoms with Crippen LogP contribution in [0.3, 0.4) is 0 Å². The molecule has 0 rings (SSSR count). The zero-order valence-electron chi connectivity index (χ0n) is 19.5. The van der Waals surface area contributed by atoms with Crippen LogP contribution in [0.2, 0.25) is 0 Å². The molecule has 0 N–H and O–H groups in total. The Labute approximate surface area is 176 Å². The third-order valence-corrected chi connectivity index (χ3v) is 4.72. The molecule has 30 heavy (non-hydrogen) atoms. The van der Waals surface area contributed by atoms with Crippen LogP contribution in [0, 0.1) is 0 Å². The molecule has 0 saturated heterocycles. The molecule has 0 fully saturated rings. The van der Waals surface area contributed by atoms with E-state index in [1.54, 1.807) is 14.2 Å². The number of quaternary nitrogens is 2. The van der Waals surface area contributed by atoms with Crippen LogP contribution in [0.5, 0.6) is 0 Å². The van der Waals surface area contributed by atoms with Crippen LogP contribution < -0.4 is 0 Å². The number of halogens is 8. The average Bonchev–Trinajstić information content (AvgIpc) is 2.62. The summed E-state index contributed by atoms with van der Waals surface area (Å²) >= 11 is 0. The highest BCUT2D eigenvalue weighted by Crippen LogP contribution is 2.07. The Hall–Kier alpha value is -0.590. The minimum absolute atomic E-state index is 0.873. The normalized spacial score (nSPS) is 12.0. The Morgan fingerprint density at radius 2 is 0.700 bits per heavy atom. The number of hydrogen-bond acceptors (Lipinski definition) is 2. The van der Waals surface area contributed by atoms with E-state index in [1.165, 1.54) is 26.2 Å². The first-order chi connectivity index (χ1) is 13.4. The van der Waals surface area contributed by atoms with Crippen molar-refractivity contribution < 1.29 is 53.0 Å². The number of rotatable bonds is 10. The molecule has 0 amide bonds. The lowest BCUT2D eigenvalue weighted by molar-refractivity contribution is -0.906. The highest BCUT2D eigenvalue weighted by atomic mass is 19.5. The summed E-state index contributed by atoms with van der Waals surface area (Å²) in [6, 6.07) is 0. The summed E-state index contributed by atoms with van der Waals surface area (Å²) in [6.07, 6.45) is 0. The van der Waals surface area contributed by atoms with Crippen LogP contribution in [-0.4, -0.2) is 104 Å². The van der Waals surface area contributed by atoms with E-state index in [9.17, 15) is 34.5 Å². The molecule has 188 valence electrons. The van der Waals surface area contributed by atoms with Gasteiger partial charge in [-0.2, -0.15) is 0 Å². The molecule has 0 aromatic heterocycles. The lowest BCUT2D eigenvalue weighted by Gasteiger charge is -2.31. The Balaban J connectivity index is -0.000000159. The van der Waals surface area contributed by atoms with Gasteiger partial charge in [0, 0.05) is 14.2 Å². The first-order valence-corrected chi connectivity index (χ1v) is 9.76. The molecule has 0 atom stereocenters. The number of ether oxygens (including phenoxy) is 2. The molecular weight excluding hydrogens is 426 g/mol. The zero-order valence-corrected chi connectivity index (χ0v) is 19.5. The third-order valence-electron chi connectivity index (χ3n) is 4.72. The maximum atomic E-state index is 9.75. The summed E-state index contributed by atoms with van der Waals surface area (Å²) in [6.45, 7) is 17.7. The molecule has 0 bridgehead atoms. The topological polar surface area (TPSA) is 18.5 Å². The van der Waals surface area contributed by atoms with Crippen molar-refractivity contribution in [2.45, 2.75) is 27.7 Å². The maximum Gasteiger partial charge on any atom is 0.673 e. The van der Waals surface area contributed by atoms with Gasteiger partial charge in [0.25, 0.3) is 0 Å². The van der Waals surface area contributed by atoms with Gasteiger partial charge in [-0.15, -0.1) is 0 Å². The van der Waals surface area contributed by atoms with Crippen LogP contribution in [0.4, 0.5) is 34.5 Å². The molecule has 0 heterocycles. The van der Waals surface area contributed by atoms with E-state index in [-0.39, 0.29) is 0 Å². The van der Waals surface area contributed by atoms with Gasteiger partial charge in [-0.3, -0.25) is 0 Å². The predicted molar refractivity (Wildman–Crippen MR) is 108 cm³/mol. The van der Waals surface area contributed by atoms with Gasteiger partial charge in [0.15, 0.2) is 0 Å². The minimum atomic E-state index is -6.00. The molecular formula is C16H40B2F8N2O2. The summed E-state index contributed by atoms with van der Waals surface area (Å²) in [5.74, 6) is 0. The minimum Gasteiger partial charge on any atom is -0.418 e. The summed E-state index contributed by atoms with van der Waals surface area (Å²) in [4.78, 5) is 0.